The van der Waals surface area contributed by atoms with Crippen LogP contribution in [0.2, 0.25) is 0 Å². The lowest BCUT2D eigenvalue weighted by atomic mass is 9.96. The number of piperidine rings is 1. The summed E-state index contributed by atoms with van der Waals surface area (Å²) < 4.78 is 0. The van der Waals surface area contributed by atoms with E-state index in [2.05, 4.69) is 38.0 Å². The molecule has 1 aliphatic heterocycles. The molecule has 2 nitrogen and oxygen atoms in total. The van der Waals surface area contributed by atoms with Crippen LogP contribution < -0.4 is 5.32 Å². The second kappa shape index (κ2) is 5.72. The minimum atomic E-state index is 0.719. The van der Waals surface area contributed by atoms with E-state index in [1.54, 1.807) is 0 Å². The molecule has 2 unspecified atom stereocenters. The maximum Gasteiger partial charge on any atom is 0.0192 e. The smallest absolute Gasteiger partial charge is 0.0192 e. The minimum absolute atomic E-state index is 0.719. The van der Waals surface area contributed by atoms with Gasteiger partial charge in [-0.05, 0) is 38.8 Å². The first-order valence-electron chi connectivity index (χ1n) is 6.10. The summed E-state index contributed by atoms with van der Waals surface area (Å²) >= 11 is 0. The molecular weight excluding hydrogens is 172 g/mol. The van der Waals surface area contributed by atoms with Crippen LogP contribution in [0.4, 0.5) is 0 Å². The van der Waals surface area contributed by atoms with Crippen molar-refractivity contribution in [3.8, 4) is 0 Å². The lowest BCUT2D eigenvalue weighted by Crippen LogP contribution is -2.50. The highest BCUT2D eigenvalue weighted by molar-refractivity contribution is 4.82. The number of nitrogens with one attached hydrogen (secondary N) is 1. The molecule has 0 aromatic rings. The maximum absolute atomic E-state index is 3.41. The van der Waals surface area contributed by atoms with E-state index < -0.39 is 0 Å². The van der Waals surface area contributed by atoms with E-state index in [0.29, 0.717) is 0 Å². The summed E-state index contributed by atoms with van der Waals surface area (Å²) in [6.07, 6.45) is 3.99. The largest absolute Gasteiger partial charge is 0.316 e. The normalized spacial score (nSPS) is 26.8. The molecule has 0 amide bonds. The molecule has 14 heavy (non-hydrogen) atoms. The SMILES string of the molecule is CCC(C(C)C)N1CCCC(NC)C1. The van der Waals surface area contributed by atoms with Gasteiger partial charge in [0, 0.05) is 18.6 Å². The van der Waals surface area contributed by atoms with Crippen molar-refractivity contribution < 1.29 is 0 Å². The summed E-state index contributed by atoms with van der Waals surface area (Å²) in [6, 6.07) is 1.50. The van der Waals surface area contributed by atoms with E-state index in [1.807, 2.05) is 0 Å². The quantitative estimate of drug-likeness (QED) is 0.744. The Bertz CT molecular complexity index is 156. The monoisotopic (exact) mass is 198 g/mol. The number of hydrogen-bond acceptors (Lipinski definition) is 2. The fraction of sp³-hybridized carbons (Fsp3) is 1.00. The Kier molecular flexibility index (Phi) is 4.90. The zero-order chi connectivity index (χ0) is 10.6. The molecular formula is C12H26N2. The van der Waals surface area contributed by atoms with Crippen molar-refractivity contribution in [1.29, 1.82) is 0 Å². The van der Waals surface area contributed by atoms with Crippen LogP contribution in [0.5, 0.6) is 0 Å². The average Bonchev–Trinajstić information content (AvgIpc) is 2.19. The molecule has 1 saturated heterocycles. The van der Waals surface area contributed by atoms with Crippen molar-refractivity contribution in [2.75, 3.05) is 20.1 Å². The summed E-state index contributed by atoms with van der Waals surface area (Å²) in [5, 5.41) is 3.41. The summed E-state index contributed by atoms with van der Waals surface area (Å²) in [6.45, 7) is 9.55. The van der Waals surface area contributed by atoms with Crippen molar-refractivity contribution >= 4 is 0 Å². The van der Waals surface area contributed by atoms with Gasteiger partial charge in [-0.2, -0.15) is 0 Å². The molecule has 0 aromatic carbocycles. The molecule has 84 valence electrons. The van der Waals surface area contributed by atoms with Gasteiger partial charge in [0.15, 0.2) is 0 Å². The van der Waals surface area contributed by atoms with Gasteiger partial charge in [0.1, 0.15) is 0 Å². The highest BCUT2D eigenvalue weighted by Gasteiger charge is 2.25. The highest BCUT2D eigenvalue weighted by Crippen LogP contribution is 2.19. The first-order valence-corrected chi connectivity index (χ1v) is 6.10. The summed E-state index contributed by atoms with van der Waals surface area (Å²) in [4.78, 5) is 2.68. The minimum Gasteiger partial charge on any atom is -0.316 e. The molecule has 0 bridgehead atoms. The van der Waals surface area contributed by atoms with Gasteiger partial charge < -0.3 is 5.32 Å². The standard InChI is InChI=1S/C12H26N2/c1-5-12(10(2)3)14-8-6-7-11(9-14)13-4/h10-13H,5-9H2,1-4H3. The van der Waals surface area contributed by atoms with Crippen molar-refractivity contribution in [3.63, 3.8) is 0 Å². The number of likely N-dealkylation sites (N-methyl/N-ethyl adjacent to an activating group) is 1. The van der Waals surface area contributed by atoms with Crippen molar-refractivity contribution in [1.82, 2.24) is 10.2 Å². The number of rotatable bonds is 4. The molecule has 1 fully saturated rings. The van der Waals surface area contributed by atoms with E-state index in [9.17, 15) is 0 Å². The van der Waals surface area contributed by atoms with E-state index in [4.69, 9.17) is 0 Å². The maximum atomic E-state index is 3.41. The zero-order valence-electron chi connectivity index (χ0n) is 10.2. The third-order valence-electron chi connectivity index (χ3n) is 3.52. The Balaban J connectivity index is 2.48. The Morgan fingerprint density at radius 2 is 2.14 bits per heavy atom. The number of hydrogen-bond donors (Lipinski definition) is 1. The van der Waals surface area contributed by atoms with Gasteiger partial charge in [-0.15, -0.1) is 0 Å². The van der Waals surface area contributed by atoms with Crippen LogP contribution >= 0.6 is 0 Å². The first-order chi connectivity index (χ1) is 6.69. The van der Waals surface area contributed by atoms with Gasteiger partial charge in [-0.25, -0.2) is 0 Å². The third-order valence-corrected chi connectivity index (χ3v) is 3.52. The second-order valence-corrected chi connectivity index (χ2v) is 4.84. The summed E-state index contributed by atoms with van der Waals surface area (Å²) in [7, 11) is 2.09. The number of likely N-dealkylation sites (tertiary alicyclic amines) is 1. The molecule has 2 atom stereocenters. The van der Waals surface area contributed by atoms with E-state index in [-0.39, 0.29) is 0 Å². The lowest BCUT2D eigenvalue weighted by Gasteiger charge is -2.39. The van der Waals surface area contributed by atoms with Gasteiger partial charge in [-0.3, -0.25) is 4.90 Å². The fourth-order valence-corrected chi connectivity index (χ4v) is 2.69. The van der Waals surface area contributed by atoms with Gasteiger partial charge >= 0.3 is 0 Å². The predicted molar refractivity (Wildman–Crippen MR) is 62.6 cm³/mol. The molecule has 2 heteroatoms. The second-order valence-electron chi connectivity index (χ2n) is 4.84. The predicted octanol–water partition coefficient (Wildman–Crippen LogP) is 2.10. The van der Waals surface area contributed by atoms with Crippen LogP contribution in [0.3, 0.4) is 0 Å². The number of nitrogens with zero attached hydrogens (tertiary/aromatic N) is 1. The van der Waals surface area contributed by atoms with Crippen LogP contribution in [-0.4, -0.2) is 37.1 Å². The molecule has 0 aromatic heterocycles. The molecule has 0 radical (unpaired) electrons. The Hall–Kier alpha value is -0.0800. The van der Waals surface area contributed by atoms with Gasteiger partial charge in [0.05, 0.1) is 0 Å². The summed E-state index contributed by atoms with van der Waals surface area (Å²) in [5.41, 5.74) is 0. The fourth-order valence-electron chi connectivity index (χ4n) is 2.69. The van der Waals surface area contributed by atoms with Gasteiger partial charge in [0.2, 0.25) is 0 Å². The molecule has 0 spiro atoms. The van der Waals surface area contributed by atoms with Gasteiger partial charge in [0.25, 0.3) is 0 Å². The van der Waals surface area contributed by atoms with Gasteiger partial charge in [-0.1, -0.05) is 20.8 Å². The molecule has 1 aliphatic rings. The van der Waals surface area contributed by atoms with E-state index in [1.165, 1.54) is 32.4 Å². The Morgan fingerprint density at radius 1 is 1.43 bits per heavy atom. The lowest BCUT2D eigenvalue weighted by molar-refractivity contribution is 0.107. The van der Waals surface area contributed by atoms with E-state index in [0.717, 1.165) is 18.0 Å². The van der Waals surface area contributed by atoms with Crippen molar-refractivity contribution in [2.45, 2.75) is 52.1 Å². The van der Waals surface area contributed by atoms with Crippen LogP contribution in [0, 0.1) is 5.92 Å². The summed E-state index contributed by atoms with van der Waals surface area (Å²) in [5.74, 6) is 0.788. The Labute approximate surface area is 89.1 Å². The highest BCUT2D eigenvalue weighted by atomic mass is 15.2. The molecule has 1 rings (SSSR count). The van der Waals surface area contributed by atoms with Crippen molar-refractivity contribution in [3.05, 3.63) is 0 Å². The molecule has 1 heterocycles. The van der Waals surface area contributed by atoms with E-state index >= 15 is 0 Å². The van der Waals surface area contributed by atoms with Crippen LogP contribution in [0.25, 0.3) is 0 Å². The molecule has 1 N–H and O–H groups in total. The van der Waals surface area contributed by atoms with Crippen LogP contribution in [0.15, 0.2) is 0 Å². The Morgan fingerprint density at radius 3 is 2.64 bits per heavy atom. The third kappa shape index (κ3) is 2.96. The zero-order valence-corrected chi connectivity index (χ0v) is 10.2. The average molecular weight is 198 g/mol. The topological polar surface area (TPSA) is 15.3 Å². The molecule has 0 aliphatic carbocycles. The van der Waals surface area contributed by atoms with Crippen molar-refractivity contribution in [2.24, 2.45) is 5.92 Å². The van der Waals surface area contributed by atoms with Crippen LogP contribution in [-0.2, 0) is 0 Å². The van der Waals surface area contributed by atoms with Crippen LogP contribution in [0.1, 0.15) is 40.0 Å². The first kappa shape index (κ1) is 12.0. The molecule has 0 saturated carbocycles.